The van der Waals surface area contributed by atoms with Gasteiger partial charge < -0.3 is 19.3 Å². The quantitative estimate of drug-likeness (QED) is 0.666. The molecule has 0 saturated carbocycles. The predicted octanol–water partition coefficient (Wildman–Crippen LogP) is 2.50. The fourth-order valence-corrected chi connectivity index (χ4v) is 8.08. The van der Waals surface area contributed by atoms with Gasteiger partial charge in [0, 0.05) is 13.5 Å². The van der Waals surface area contributed by atoms with Gasteiger partial charge in [0.25, 0.3) is 11.8 Å². The molecule has 5 aliphatic rings. The van der Waals surface area contributed by atoms with Gasteiger partial charge in [-0.3, -0.25) is 9.59 Å². The Morgan fingerprint density at radius 3 is 2.67 bits per heavy atom. The van der Waals surface area contributed by atoms with Crippen molar-refractivity contribution >= 4 is 33.4 Å². The van der Waals surface area contributed by atoms with Crippen LogP contribution in [0, 0.1) is 16.7 Å². The topological polar surface area (TPSA) is 82.9 Å². The molecular weight excluding hydrogens is 386 g/mol. The van der Waals surface area contributed by atoms with Crippen LogP contribution in [0.3, 0.4) is 0 Å². The average molecular weight is 403 g/mol. The number of carbonyl (C=O) groups excluding carboxylic acids is 2. The van der Waals surface area contributed by atoms with Gasteiger partial charge in [0.05, 0.1) is 17.5 Å². The van der Waals surface area contributed by atoms with Gasteiger partial charge in [0.15, 0.2) is 21.2 Å². The molecule has 0 aromatic heterocycles. The summed E-state index contributed by atoms with van der Waals surface area (Å²) in [4.78, 5) is 27.9. The lowest BCUT2D eigenvalue weighted by molar-refractivity contribution is -0.164. The Bertz CT molecular complexity index is 949. The van der Waals surface area contributed by atoms with E-state index in [0.29, 0.717) is 11.5 Å². The number of piperazine rings is 1. The van der Waals surface area contributed by atoms with E-state index in [1.807, 2.05) is 19.1 Å². The zero-order valence-electron chi connectivity index (χ0n) is 15.0. The van der Waals surface area contributed by atoms with Crippen LogP contribution in [-0.4, -0.2) is 45.2 Å². The molecule has 4 fully saturated rings. The summed E-state index contributed by atoms with van der Waals surface area (Å²) in [5.41, 5.74) is -0.117. The van der Waals surface area contributed by atoms with Crippen LogP contribution < -0.4 is 9.47 Å². The van der Waals surface area contributed by atoms with Gasteiger partial charge in [-0.2, -0.15) is 5.26 Å². The molecule has 9 heteroatoms. The number of nitriles is 1. The lowest BCUT2D eigenvalue weighted by Gasteiger charge is -2.57. The highest BCUT2D eigenvalue weighted by Gasteiger charge is 2.74. The van der Waals surface area contributed by atoms with E-state index in [9.17, 15) is 14.9 Å². The maximum atomic E-state index is 13.5. The summed E-state index contributed by atoms with van der Waals surface area (Å²) < 4.78 is 10.9. The maximum Gasteiger partial charge on any atom is 0.261 e. The van der Waals surface area contributed by atoms with Gasteiger partial charge in [-0.25, -0.2) is 0 Å². The lowest BCUT2D eigenvalue weighted by Crippen LogP contribution is -2.73. The number of carbonyl (C=O) groups is 2. The first-order chi connectivity index (χ1) is 12.8. The van der Waals surface area contributed by atoms with Crippen LogP contribution >= 0.6 is 21.6 Å². The van der Waals surface area contributed by atoms with Crippen LogP contribution in [0.2, 0.25) is 0 Å². The van der Waals surface area contributed by atoms with Crippen molar-refractivity contribution in [2.24, 2.45) is 5.41 Å². The highest BCUT2D eigenvalue weighted by atomic mass is 33.1. The van der Waals surface area contributed by atoms with E-state index in [1.54, 1.807) is 24.9 Å². The summed E-state index contributed by atoms with van der Waals surface area (Å²) in [6.45, 7) is 3.75. The third-order valence-corrected chi connectivity index (χ3v) is 9.76. The van der Waals surface area contributed by atoms with Crippen molar-refractivity contribution in [2.45, 2.75) is 36.1 Å². The number of amides is 2. The molecule has 0 radical (unpaired) electrons. The summed E-state index contributed by atoms with van der Waals surface area (Å²) in [7, 11) is 4.49. The van der Waals surface area contributed by atoms with Gasteiger partial charge in [0.1, 0.15) is 0 Å². The normalized spacial score (nSPS) is 39.0. The summed E-state index contributed by atoms with van der Waals surface area (Å²) in [5, 5.41) is 10.0. The zero-order chi connectivity index (χ0) is 19.2. The molecule has 140 valence electrons. The first kappa shape index (κ1) is 17.1. The smallest absolute Gasteiger partial charge is 0.261 e. The van der Waals surface area contributed by atoms with Crippen molar-refractivity contribution in [3.8, 4) is 17.6 Å². The van der Waals surface area contributed by atoms with E-state index < -0.39 is 21.2 Å². The molecule has 7 nitrogen and oxygen atoms in total. The lowest BCUT2D eigenvalue weighted by atomic mass is 9.79. The fraction of sp³-hybridized carbons (Fsp3) is 0.500. The first-order valence-corrected chi connectivity index (χ1v) is 10.7. The van der Waals surface area contributed by atoms with Crippen molar-refractivity contribution in [3.05, 3.63) is 23.8 Å². The van der Waals surface area contributed by atoms with E-state index in [-0.39, 0.29) is 25.0 Å². The number of nitrogens with zero attached hydrogens (tertiary/aromatic N) is 3. The summed E-state index contributed by atoms with van der Waals surface area (Å²) in [6.07, 6.45) is 0.290. The molecule has 2 amide bonds. The Kier molecular flexibility index (Phi) is 3.20. The average Bonchev–Trinajstić information content (AvgIpc) is 3.23. The number of hydrogen-bond acceptors (Lipinski definition) is 7. The van der Waals surface area contributed by atoms with Gasteiger partial charge in [-0.05, 0) is 31.5 Å². The highest BCUT2D eigenvalue weighted by Crippen LogP contribution is 2.69. The van der Waals surface area contributed by atoms with E-state index in [2.05, 4.69) is 6.07 Å². The van der Waals surface area contributed by atoms with Gasteiger partial charge in [-0.15, -0.1) is 0 Å². The fourth-order valence-electron chi connectivity index (χ4n) is 4.50. The Balaban J connectivity index is 1.71. The SMILES string of the molecule is CN1C(=O)C23C[C@](C)(C#N)[C@H](c4ccc5c(c4)OCO5)N2C(=O)[C@]1(C)SS3. The molecule has 27 heavy (non-hydrogen) atoms. The number of likely N-dealkylation sites (N-methyl/N-ethyl adjacent to an activating group) is 1. The van der Waals surface area contributed by atoms with Crippen LogP contribution in [0.15, 0.2) is 18.2 Å². The third kappa shape index (κ3) is 1.85. The standard InChI is InChI=1S/C18H17N3O4S2/c1-16(8-19)7-18-15(23)20(3)17(2,26-27-18)14(22)21(18)13(16)10-4-5-11-12(6-10)25-9-24-11/h4-6,13H,7,9H2,1-3H3/t13-,16+,17-,18?/m0/s1. The van der Waals surface area contributed by atoms with Crippen LogP contribution in [0.4, 0.5) is 0 Å². The van der Waals surface area contributed by atoms with E-state index in [1.165, 1.54) is 26.5 Å². The van der Waals surface area contributed by atoms with Crippen molar-refractivity contribution in [3.63, 3.8) is 0 Å². The highest BCUT2D eigenvalue weighted by molar-refractivity contribution is 8.78. The van der Waals surface area contributed by atoms with E-state index in [0.717, 1.165) is 5.56 Å². The first-order valence-electron chi connectivity index (χ1n) is 8.56. The summed E-state index contributed by atoms with van der Waals surface area (Å²) in [6, 6.07) is 7.35. The van der Waals surface area contributed by atoms with Gasteiger partial charge in [0.2, 0.25) is 6.79 Å². The van der Waals surface area contributed by atoms with Crippen molar-refractivity contribution < 1.29 is 19.1 Å². The monoisotopic (exact) mass is 403 g/mol. The molecule has 5 heterocycles. The minimum atomic E-state index is -1.06. The minimum Gasteiger partial charge on any atom is -0.454 e. The van der Waals surface area contributed by atoms with Crippen LogP contribution in [-0.2, 0) is 9.59 Å². The Hall–Kier alpha value is -2.05. The molecule has 2 bridgehead atoms. The van der Waals surface area contributed by atoms with Crippen LogP contribution in [0.5, 0.6) is 11.5 Å². The second kappa shape index (κ2) is 5.06. The van der Waals surface area contributed by atoms with Crippen molar-refractivity contribution in [1.29, 1.82) is 5.26 Å². The summed E-state index contributed by atoms with van der Waals surface area (Å²) >= 11 is 0. The summed E-state index contributed by atoms with van der Waals surface area (Å²) in [5.74, 6) is 0.998. The Morgan fingerprint density at radius 2 is 1.93 bits per heavy atom. The van der Waals surface area contributed by atoms with Crippen molar-refractivity contribution in [2.75, 3.05) is 13.8 Å². The third-order valence-electron chi connectivity index (χ3n) is 6.06. The molecular formula is C18H17N3O4S2. The number of ether oxygens (including phenoxy) is 2. The number of benzene rings is 1. The second-order valence-corrected chi connectivity index (χ2v) is 10.5. The van der Waals surface area contributed by atoms with Crippen LogP contribution in [0.25, 0.3) is 0 Å². The second-order valence-electron chi connectivity index (χ2n) is 7.69. The number of fused-ring (bicyclic) bond motifs is 3. The van der Waals surface area contributed by atoms with Crippen molar-refractivity contribution in [1.82, 2.24) is 9.80 Å². The Morgan fingerprint density at radius 1 is 1.19 bits per heavy atom. The number of hydrogen-bond donors (Lipinski definition) is 0. The molecule has 1 spiro atoms. The molecule has 4 atom stereocenters. The molecule has 1 aromatic carbocycles. The Labute approximate surface area is 164 Å². The minimum absolute atomic E-state index is 0.113. The molecule has 1 aromatic rings. The molecule has 5 aliphatic heterocycles. The van der Waals surface area contributed by atoms with Gasteiger partial charge >= 0.3 is 0 Å². The number of rotatable bonds is 1. The molecule has 0 N–H and O–H groups in total. The largest absolute Gasteiger partial charge is 0.454 e. The zero-order valence-corrected chi connectivity index (χ0v) is 16.6. The van der Waals surface area contributed by atoms with E-state index >= 15 is 0 Å². The molecule has 4 saturated heterocycles. The van der Waals surface area contributed by atoms with Gasteiger partial charge in [-0.1, -0.05) is 27.7 Å². The molecule has 6 rings (SSSR count). The van der Waals surface area contributed by atoms with E-state index in [4.69, 9.17) is 9.47 Å². The van der Waals surface area contributed by atoms with Crippen LogP contribution in [0.1, 0.15) is 31.9 Å². The maximum absolute atomic E-state index is 13.5. The molecule has 0 aliphatic carbocycles. The predicted molar refractivity (Wildman–Crippen MR) is 99.6 cm³/mol. The molecule has 1 unspecified atom stereocenters.